The molecule has 0 spiro atoms. The van der Waals surface area contributed by atoms with Crippen LogP contribution in [0.4, 0.5) is 10.5 Å². The quantitative estimate of drug-likeness (QED) is 0.663. The summed E-state index contributed by atoms with van der Waals surface area (Å²) in [6, 6.07) is 6.73. The van der Waals surface area contributed by atoms with E-state index in [1.807, 2.05) is 4.90 Å². The fraction of sp³-hybridized carbons (Fsp3) is 0.462. The van der Waals surface area contributed by atoms with Crippen molar-refractivity contribution in [2.75, 3.05) is 19.8 Å². The van der Waals surface area contributed by atoms with Gasteiger partial charge in [0.2, 0.25) is 0 Å². The summed E-state index contributed by atoms with van der Waals surface area (Å²) in [5.74, 6) is 0. The Bertz CT molecular complexity index is 531. The van der Waals surface area contributed by atoms with Crippen molar-refractivity contribution < 1.29 is 9.72 Å². The predicted octanol–water partition coefficient (Wildman–Crippen LogP) is 1.15. The van der Waals surface area contributed by atoms with Crippen LogP contribution >= 0.6 is 0 Å². The van der Waals surface area contributed by atoms with Gasteiger partial charge in [0, 0.05) is 37.8 Å². The van der Waals surface area contributed by atoms with Gasteiger partial charge in [-0.15, -0.1) is 0 Å². The first-order chi connectivity index (χ1) is 9.65. The SMILES string of the molecule is O=C1N(Cc2ccc([N+](=O)[O-])cc2)CCC2CNCN12. The molecule has 2 aliphatic rings. The van der Waals surface area contributed by atoms with E-state index >= 15 is 0 Å². The van der Waals surface area contributed by atoms with Gasteiger partial charge in [0.1, 0.15) is 0 Å². The van der Waals surface area contributed by atoms with Crippen LogP contribution in [0.1, 0.15) is 12.0 Å². The second-order valence-corrected chi connectivity index (χ2v) is 5.15. The van der Waals surface area contributed by atoms with Crippen molar-refractivity contribution in [3.05, 3.63) is 39.9 Å². The van der Waals surface area contributed by atoms with Crippen LogP contribution in [0, 0.1) is 10.1 Å². The van der Waals surface area contributed by atoms with Crippen molar-refractivity contribution in [3.8, 4) is 0 Å². The van der Waals surface area contributed by atoms with Gasteiger partial charge in [0.15, 0.2) is 0 Å². The highest BCUT2D eigenvalue weighted by atomic mass is 16.6. The molecular weight excluding hydrogens is 260 g/mol. The molecule has 7 heteroatoms. The van der Waals surface area contributed by atoms with Crippen LogP contribution in [0.15, 0.2) is 24.3 Å². The number of non-ortho nitro benzene ring substituents is 1. The fourth-order valence-electron chi connectivity index (χ4n) is 2.74. The van der Waals surface area contributed by atoms with Crippen molar-refractivity contribution in [1.29, 1.82) is 0 Å². The molecule has 0 radical (unpaired) electrons. The maximum Gasteiger partial charge on any atom is 0.321 e. The molecule has 2 amide bonds. The molecule has 1 N–H and O–H groups in total. The minimum atomic E-state index is -0.420. The lowest BCUT2D eigenvalue weighted by Gasteiger charge is -2.37. The van der Waals surface area contributed by atoms with Crippen molar-refractivity contribution in [3.63, 3.8) is 0 Å². The van der Waals surface area contributed by atoms with E-state index in [0.717, 1.165) is 25.1 Å². The number of fused-ring (bicyclic) bond motifs is 1. The highest BCUT2D eigenvalue weighted by Crippen LogP contribution is 2.21. The molecule has 106 valence electrons. The van der Waals surface area contributed by atoms with Gasteiger partial charge in [-0.1, -0.05) is 12.1 Å². The normalized spacial score (nSPS) is 22.0. The van der Waals surface area contributed by atoms with Crippen molar-refractivity contribution in [1.82, 2.24) is 15.1 Å². The first-order valence-electron chi connectivity index (χ1n) is 6.65. The van der Waals surface area contributed by atoms with Crippen molar-refractivity contribution >= 4 is 11.7 Å². The number of rotatable bonds is 3. The standard InChI is InChI=1S/C13H16N4O3/c18-13-15(6-5-12-7-14-9-16(12)13)8-10-1-3-11(4-2-10)17(19)20/h1-4,12,14H,5-9H2. The Morgan fingerprint density at radius 3 is 2.80 bits per heavy atom. The Morgan fingerprint density at radius 2 is 2.10 bits per heavy atom. The molecule has 1 aromatic carbocycles. The predicted molar refractivity (Wildman–Crippen MR) is 72.0 cm³/mol. The van der Waals surface area contributed by atoms with Crippen LogP contribution in [0.2, 0.25) is 0 Å². The minimum Gasteiger partial charge on any atom is -0.320 e. The Balaban J connectivity index is 1.68. The highest BCUT2D eigenvalue weighted by molar-refractivity contribution is 5.76. The number of urea groups is 1. The maximum absolute atomic E-state index is 12.3. The molecule has 0 aromatic heterocycles. The maximum atomic E-state index is 12.3. The summed E-state index contributed by atoms with van der Waals surface area (Å²) in [6.45, 7) is 2.72. The second kappa shape index (κ2) is 5.09. The third kappa shape index (κ3) is 2.32. The number of hydrogen-bond acceptors (Lipinski definition) is 4. The van der Waals surface area contributed by atoms with Crippen LogP contribution in [0.5, 0.6) is 0 Å². The van der Waals surface area contributed by atoms with E-state index in [0.29, 0.717) is 19.3 Å². The summed E-state index contributed by atoms with van der Waals surface area (Å²) in [7, 11) is 0. The van der Waals surface area contributed by atoms with E-state index < -0.39 is 4.92 Å². The third-order valence-electron chi connectivity index (χ3n) is 3.87. The van der Waals surface area contributed by atoms with E-state index in [2.05, 4.69) is 5.32 Å². The summed E-state index contributed by atoms with van der Waals surface area (Å²) < 4.78 is 0. The lowest BCUT2D eigenvalue weighted by molar-refractivity contribution is -0.384. The van der Waals surface area contributed by atoms with E-state index in [-0.39, 0.29) is 11.7 Å². The molecule has 1 aromatic rings. The summed E-state index contributed by atoms with van der Waals surface area (Å²) in [6.07, 6.45) is 0.964. The number of nitro groups is 1. The average Bonchev–Trinajstić information content (AvgIpc) is 2.92. The first kappa shape index (κ1) is 12.9. The van der Waals surface area contributed by atoms with Crippen LogP contribution in [0.25, 0.3) is 0 Å². The number of nitrogens with zero attached hydrogens (tertiary/aromatic N) is 3. The monoisotopic (exact) mass is 276 g/mol. The molecule has 0 aliphatic carbocycles. The van der Waals surface area contributed by atoms with Crippen LogP contribution < -0.4 is 5.32 Å². The molecule has 0 saturated carbocycles. The smallest absolute Gasteiger partial charge is 0.320 e. The largest absolute Gasteiger partial charge is 0.321 e. The van der Waals surface area contributed by atoms with E-state index in [1.165, 1.54) is 12.1 Å². The summed E-state index contributed by atoms with van der Waals surface area (Å²) >= 11 is 0. The van der Waals surface area contributed by atoms with Gasteiger partial charge in [-0.05, 0) is 12.0 Å². The molecule has 2 fully saturated rings. The number of benzene rings is 1. The molecule has 20 heavy (non-hydrogen) atoms. The molecule has 1 unspecified atom stereocenters. The molecule has 7 nitrogen and oxygen atoms in total. The number of nitrogens with one attached hydrogen (secondary N) is 1. The number of carbonyl (C=O) groups is 1. The number of carbonyl (C=O) groups excluding carboxylic acids is 1. The van der Waals surface area contributed by atoms with Gasteiger partial charge in [0.05, 0.1) is 11.6 Å². The molecular formula is C13H16N4O3. The second-order valence-electron chi connectivity index (χ2n) is 5.15. The Morgan fingerprint density at radius 1 is 1.35 bits per heavy atom. The van der Waals surface area contributed by atoms with Gasteiger partial charge < -0.3 is 9.80 Å². The average molecular weight is 276 g/mol. The zero-order chi connectivity index (χ0) is 14.1. The van der Waals surface area contributed by atoms with Gasteiger partial charge in [-0.3, -0.25) is 15.4 Å². The minimum absolute atomic E-state index is 0.0459. The number of hydrogen-bond donors (Lipinski definition) is 1. The van der Waals surface area contributed by atoms with Gasteiger partial charge >= 0.3 is 6.03 Å². The zero-order valence-corrected chi connectivity index (χ0v) is 11.0. The van der Waals surface area contributed by atoms with Gasteiger partial charge in [-0.2, -0.15) is 0 Å². The van der Waals surface area contributed by atoms with E-state index in [9.17, 15) is 14.9 Å². The third-order valence-corrected chi connectivity index (χ3v) is 3.87. The van der Waals surface area contributed by atoms with Crippen molar-refractivity contribution in [2.45, 2.75) is 19.0 Å². The number of nitro benzene ring substituents is 1. The molecule has 2 saturated heterocycles. The lowest BCUT2D eigenvalue weighted by atomic mass is 10.1. The summed E-state index contributed by atoms with van der Waals surface area (Å²) in [5, 5.41) is 13.8. The Kier molecular flexibility index (Phi) is 3.27. The first-order valence-corrected chi connectivity index (χ1v) is 6.65. The van der Waals surface area contributed by atoms with Crippen molar-refractivity contribution in [2.24, 2.45) is 0 Å². The zero-order valence-electron chi connectivity index (χ0n) is 11.0. The van der Waals surface area contributed by atoms with E-state index in [1.54, 1.807) is 17.0 Å². The fourth-order valence-corrected chi connectivity index (χ4v) is 2.74. The van der Waals surface area contributed by atoms with Gasteiger partial charge in [-0.25, -0.2) is 4.79 Å². The molecule has 0 bridgehead atoms. The molecule has 3 rings (SSSR count). The lowest BCUT2D eigenvalue weighted by Crippen LogP contribution is -2.51. The topological polar surface area (TPSA) is 78.7 Å². The highest BCUT2D eigenvalue weighted by Gasteiger charge is 2.35. The molecule has 2 heterocycles. The van der Waals surface area contributed by atoms with Crippen LogP contribution in [-0.2, 0) is 6.54 Å². The van der Waals surface area contributed by atoms with Crippen LogP contribution in [0.3, 0.4) is 0 Å². The molecule has 2 aliphatic heterocycles. The Hall–Kier alpha value is -2.15. The van der Waals surface area contributed by atoms with E-state index in [4.69, 9.17) is 0 Å². The van der Waals surface area contributed by atoms with Crippen LogP contribution in [-0.4, -0.2) is 46.6 Å². The molecule has 1 atom stereocenters. The Labute approximate surface area is 116 Å². The number of amides is 2. The summed E-state index contributed by atoms with van der Waals surface area (Å²) in [5.41, 5.74) is 0.983. The van der Waals surface area contributed by atoms with Gasteiger partial charge in [0.25, 0.3) is 5.69 Å². The summed E-state index contributed by atoms with van der Waals surface area (Å²) in [4.78, 5) is 26.1.